The van der Waals surface area contributed by atoms with Crippen molar-refractivity contribution >= 4 is 29.5 Å². The number of aromatic carboxylic acids is 1. The molecular formula is C29H26N2O6. The Morgan fingerprint density at radius 1 is 1.05 bits per heavy atom. The smallest absolute Gasteiger partial charge is 0.335 e. The molecule has 2 N–H and O–H groups in total. The van der Waals surface area contributed by atoms with Gasteiger partial charge >= 0.3 is 5.97 Å². The second-order valence-electron chi connectivity index (χ2n) is 8.20. The van der Waals surface area contributed by atoms with E-state index in [1.807, 2.05) is 19.1 Å². The van der Waals surface area contributed by atoms with Crippen LogP contribution in [0.1, 0.15) is 34.0 Å². The van der Waals surface area contributed by atoms with Gasteiger partial charge in [-0.2, -0.15) is 0 Å². The van der Waals surface area contributed by atoms with Crippen LogP contribution in [0.25, 0.3) is 6.08 Å². The predicted molar refractivity (Wildman–Crippen MR) is 139 cm³/mol. The molecular weight excluding hydrogens is 472 g/mol. The lowest BCUT2D eigenvalue weighted by atomic mass is 10.0. The first-order chi connectivity index (χ1) is 17.9. The fourth-order valence-electron chi connectivity index (χ4n) is 3.93. The Balaban J connectivity index is 1.66. The van der Waals surface area contributed by atoms with E-state index in [1.165, 1.54) is 17.2 Å². The number of carbonyl (C=O) groups is 3. The molecule has 1 fully saturated rings. The number of amides is 2. The van der Waals surface area contributed by atoms with E-state index in [1.54, 1.807) is 54.6 Å². The molecule has 2 amide bonds. The van der Waals surface area contributed by atoms with Gasteiger partial charge in [0.1, 0.15) is 12.2 Å². The number of carboxylic acids is 1. The summed E-state index contributed by atoms with van der Waals surface area (Å²) in [5, 5.41) is 10.5. The first-order valence-corrected chi connectivity index (χ1v) is 11.7. The number of hydrogen-bond donors (Lipinski definition) is 2. The van der Waals surface area contributed by atoms with Crippen LogP contribution in [0.4, 0.5) is 5.69 Å². The second-order valence-corrected chi connectivity index (χ2v) is 8.20. The van der Waals surface area contributed by atoms with Crippen LogP contribution in [0.3, 0.4) is 0 Å². The number of hydrazine groups is 1. The number of benzene rings is 3. The maximum atomic E-state index is 13.0. The molecule has 4 rings (SSSR count). The maximum Gasteiger partial charge on any atom is 0.335 e. The van der Waals surface area contributed by atoms with E-state index in [2.05, 4.69) is 12.0 Å². The zero-order chi connectivity index (χ0) is 26.4. The van der Waals surface area contributed by atoms with E-state index in [4.69, 9.17) is 9.47 Å². The number of ether oxygens (including phenoxy) is 2. The van der Waals surface area contributed by atoms with Gasteiger partial charge in [0.2, 0.25) is 0 Å². The SMILES string of the molecule is C=CCc1cc(C=C2C(=O)NN(c3ccccc3)C2=O)cc(OCC)c1OCc1cccc(C(=O)O)c1. The van der Waals surface area contributed by atoms with Crippen molar-refractivity contribution in [3.63, 3.8) is 0 Å². The topological polar surface area (TPSA) is 105 Å². The molecule has 8 heteroatoms. The number of nitrogens with zero attached hydrogens (tertiary/aromatic N) is 1. The molecule has 1 aliphatic heterocycles. The van der Waals surface area contributed by atoms with Gasteiger partial charge < -0.3 is 14.6 Å². The Morgan fingerprint density at radius 3 is 2.54 bits per heavy atom. The molecule has 0 unspecified atom stereocenters. The van der Waals surface area contributed by atoms with Crippen molar-refractivity contribution in [1.82, 2.24) is 5.43 Å². The molecule has 0 bridgehead atoms. The van der Waals surface area contributed by atoms with Crippen molar-refractivity contribution in [2.45, 2.75) is 20.0 Å². The lowest BCUT2D eigenvalue weighted by Crippen LogP contribution is -2.35. The van der Waals surface area contributed by atoms with E-state index in [0.717, 1.165) is 5.56 Å². The monoisotopic (exact) mass is 498 g/mol. The van der Waals surface area contributed by atoms with Crippen LogP contribution in [0.5, 0.6) is 11.5 Å². The summed E-state index contributed by atoms with van der Waals surface area (Å²) in [7, 11) is 0. The first kappa shape index (κ1) is 25.2. The number of carboxylic acid groups (broad SMARTS) is 1. The van der Waals surface area contributed by atoms with Crippen molar-refractivity contribution in [3.05, 3.63) is 107 Å². The van der Waals surface area contributed by atoms with Crippen molar-refractivity contribution in [2.75, 3.05) is 11.6 Å². The van der Waals surface area contributed by atoms with Gasteiger partial charge in [-0.25, -0.2) is 9.80 Å². The highest BCUT2D eigenvalue weighted by molar-refractivity contribution is 6.31. The molecule has 0 atom stereocenters. The van der Waals surface area contributed by atoms with E-state index >= 15 is 0 Å². The fraction of sp³-hybridized carbons (Fsp3) is 0.138. The molecule has 8 nitrogen and oxygen atoms in total. The molecule has 1 saturated heterocycles. The standard InChI is InChI=1S/C29H26N2O6/c1-3-9-21-15-20(16-24-27(32)30-31(28(24)33)23-12-6-5-7-13-23)17-25(36-4-2)26(21)37-18-19-10-8-11-22(14-19)29(34)35/h3,5-8,10-17H,1,4,9,18H2,2H3,(H,30,32)(H,34,35). The number of anilines is 1. The number of rotatable bonds is 10. The average Bonchev–Trinajstić information content (AvgIpc) is 3.17. The number of allylic oxidation sites excluding steroid dienone is 1. The molecule has 1 heterocycles. The van der Waals surface area contributed by atoms with Crippen LogP contribution in [0.15, 0.2) is 85.0 Å². The second kappa shape index (κ2) is 11.3. The summed E-state index contributed by atoms with van der Waals surface area (Å²) in [6.07, 6.45) is 3.68. The lowest BCUT2D eigenvalue weighted by Gasteiger charge is -2.17. The number of para-hydroxylation sites is 1. The van der Waals surface area contributed by atoms with Crippen molar-refractivity contribution in [3.8, 4) is 11.5 Å². The van der Waals surface area contributed by atoms with Crippen LogP contribution in [0, 0.1) is 0 Å². The highest BCUT2D eigenvalue weighted by Crippen LogP contribution is 2.36. The van der Waals surface area contributed by atoms with Gasteiger partial charge in [0.05, 0.1) is 17.9 Å². The molecule has 3 aromatic rings. The number of nitrogens with one attached hydrogen (secondary N) is 1. The van der Waals surface area contributed by atoms with Crippen molar-refractivity contribution < 1.29 is 29.0 Å². The van der Waals surface area contributed by atoms with E-state index in [0.29, 0.717) is 41.3 Å². The van der Waals surface area contributed by atoms with Gasteiger partial charge in [-0.15, -0.1) is 6.58 Å². The Morgan fingerprint density at radius 2 is 1.84 bits per heavy atom. The predicted octanol–water partition coefficient (Wildman–Crippen LogP) is 4.55. The van der Waals surface area contributed by atoms with Gasteiger partial charge in [0, 0.05) is 5.56 Å². The molecule has 188 valence electrons. The molecule has 1 aliphatic rings. The summed E-state index contributed by atoms with van der Waals surface area (Å²) in [4.78, 5) is 36.9. The highest BCUT2D eigenvalue weighted by atomic mass is 16.5. The molecule has 0 radical (unpaired) electrons. The van der Waals surface area contributed by atoms with Gasteiger partial charge in [-0.05, 0) is 66.9 Å². The minimum absolute atomic E-state index is 0.00462. The van der Waals surface area contributed by atoms with E-state index in [-0.39, 0.29) is 17.7 Å². The molecule has 0 aromatic heterocycles. The van der Waals surface area contributed by atoms with Gasteiger partial charge in [-0.1, -0.05) is 36.4 Å². The summed E-state index contributed by atoms with van der Waals surface area (Å²) < 4.78 is 11.9. The normalized spacial score (nSPS) is 14.0. The van der Waals surface area contributed by atoms with Crippen LogP contribution >= 0.6 is 0 Å². The van der Waals surface area contributed by atoms with E-state index in [9.17, 15) is 19.5 Å². The number of hydrogen-bond acceptors (Lipinski definition) is 5. The Labute approximate surface area is 214 Å². The summed E-state index contributed by atoms with van der Waals surface area (Å²) in [6, 6.07) is 18.9. The third-order valence-corrected chi connectivity index (χ3v) is 5.59. The van der Waals surface area contributed by atoms with Crippen molar-refractivity contribution in [1.29, 1.82) is 0 Å². The third kappa shape index (κ3) is 5.70. The Hall–Kier alpha value is -4.85. The van der Waals surface area contributed by atoms with Crippen LogP contribution in [-0.4, -0.2) is 29.5 Å². The lowest BCUT2D eigenvalue weighted by molar-refractivity contribution is -0.117. The van der Waals surface area contributed by atoms with Gasteiger partial charge in [0.15, 0.2) is 11.5 Å². The average molecular weight is 499 g/mol. The van der Waals surface area contributed by atoms with Crippen LogP contribution in [0.2, 0.25) is 0 Å². The highest BCUT2D eigenvalue weighted by Gasteiger charge is 2.34. The summed E-state index contributed by atoms with van der Waals surface area (Å²) in [5.74, 6) is -1.06. The molecule has 37 heavy (non-hydrogen) atoms. The quantitative estimate of drug-likeness (QED) is 0.241. The van der Waals surface area contributed by atoms with Crippen LogP contribution in [-0.2, 0) is 22.6 Å². The molecule has 0 spiro atoms. The summed E-state index contributed by atoms with van der Waals surface area (Å²) in [6.45, 7) is 6.14. The third-order valence-electron chi connectivity index (χ3n) is 5.59. The zero-order valence-electron chi connectivity index (χ0n) is 20.3. The first-order valence-electron chi connectivity index (χ1n) is 11.7. The maximum absolute atomic E-state index is 13.0. The summed E-state index contributed by atoms with van der Waals surface area (Å²) in [5.41, 5.74) is 5.34. The zero-order valence-corrected chi connectivity index (χ0v) is 20.3. The van der Waals surface area contributed by atoms with Crippen LogP contribution < -0.4 is 19.9 Å². The fourth-order valence-corrected chi connectivity index (χ4v) is 3.93. The van der Waals surface area contributed by atoms with Gasteiger partial charge in [-0.3, -0.25) is 15.0 Å². The molecule has 0 aliphatic carbocycles. The van der Waals surface area contributed by atoms with Gasteiger partial charge in [0.25, 0.3) is 11.8 Å². The van der Waals surface area contributed by atoms with Crippen molar-refractivity contribution in [2.24, 2.45) is 0 Å². The van der Waals surface area contributed by atoms with E-state index < -0.39 is 17.8 Å². The minimum Gasteiger partial charge on any atom is -0.490 e. The summed E-state index contributed by atoms with van der Waals surface area (Å²) >= 11 is 0. The molecule has 0 saturated carbocycles. The molecule has 3 aromatic carbocycles. The largest absolute Gasteiger partial charge is 0.490 e. The Bertz CT molecular complexity index is 1380. The minimum atomic E-state index is -1.02. The Kier molecular flexibility index (Phi) is 7.68. The number of carbonyl (C=O) groups excluding carboxylic acids is 2.